The molecule has 0 heterocycles. The molecule has 0 atom stereocenters. The summed E-state index contributed by atoms with van der Waals surface area (Å²) < 4.78 is 12.3. The zero-order chi connectivity index (χ0) is 25.0. The Kier molecular flexibility index (Phi) is 9.39. The minimum atomic E-state index is -0.922. The van der Waals surface area contributed by atoms with Crippen LogP contribution < -0.4 is 20.2 Å². The second kappa shape index (κ2) is 12.9. The zero-order valence-electron chi connectivity index (χ0n) is 19.0. The number of carbonyl (C=O) groups excluding carboxylic acids is 2. The largest absolute Gasteiger partial charge is 0.490 e. The summed E-state index contributed by atoms with van der Waals surface area (Å²) in [7, 11) is 0. The van der Waals surface area contributed by atoms with E-state index in [0.29, 0.717) is 40.4 Å². The molecule has 9 heteroatoms. The van der Waals surface area contributed by atoms with Crippen molar-refractivity contribution in [2.75, 3.05) is 11.9 Å². The summed E-state index contributed by atoms with van der Waals surface area (Å²) in [6.45, 7) is 2.67. The van der Waals surface area contributed by atoms with E-state index in [9.17, 15) is 9.59 Å². The lowest BCUT2D eigenvalue weighted by atomic mass is 10.1. The second-order valence-corrected chi connectivity index (χ2v) is 8.08. The number of ether oxygens (including phenoxy) is 2. The monoisotopic (exact) mass is 534 g/mol. The Morgan fingerprint density at radius 2 is 1.77 bits per heavy atom. The van der Waals surface area contributed by atoms with E-state index in [1.165, 1.54) is 6.21 Å². The van der Waals surface area contributed by atoms with Gasteiger partial charge in [-0.2, -0.15) is 10.4 Å². The molecular weight excluding hydrogens is 512 g/mol. The van der Waals surface area contributed by atoms with Crippen molar-refractivity contribution < 1.29 is 19.1 Å². The van der Waals surface area contributed by atoms with Crippen LogP contribution >= 0.6 is 15.9 Å². The van der Waals surface area contributed by atoms with Crippen molar-refractivity contribution in [3.8, 4) is 17.6 Å². The first-order chi connectivity index (χ1) is 17.0. The molecule has 0 aliphatic heterocycles. The Hall–Kier alpha value is -4.16. The Morgan fingerprint density at radius 3 is 2.46 bits per heavy atom. The summed E-state index contributed by atoms with van der Waals surface area (Å²) in [6.07, 6.45) is 1.67. The third-order valence-electron chi connectivity index (χ3n) is 4.64. The van der Waals surface area contributed by atoms with Gasteiger partial charge in [-0.25, -0.2) is 5.43 Å². The minimum Gasteiger partial charge on any atom is -0.490 e. The number of halogens is 1. The third kappa shape index (κ3) is 7.69. The van der Waals surface area contributed by atoms with E-state index in [4.69, 9.17) is 14.7 Å². The van der Waals surface area contributed by atoms with E-state index < -0.39 is 11.8 Å². The normalized spacial score (nSPS) is 10.4. The minimum absolute atomic E-state index is 0.269. The van der Waals surface area contributed by atoms with Gasteiger partial charge in [0.25, 0.3) is 0 Å². The molecule has 0 aliphatic rings. The number of hydrazone groups is 1. The molecule has 0 radical (unpaired) electrons. The number of benzene rings is 3. The number of nitrogens with zero attached hydrogens (tertiary/aromatic N) is 2. The molecule has 8 nitrogen and oxygen atoms in total. The number of nitriles is 1. The van der Waals surface area contributed by atoms with Crippen molar-refractivity contribution in [1.29, 1.82) is 5.26 Å². The lowest BCUT2D eigenvalue weighted by Gasteiger charge is -2.14. The maximum Gasteiger partial charge on any atom is 0.329 e. The van der Waals surface area contributed by atoms with Gasteiger partial charge in [0.05, 0.1) is 29.8 Å². The first-order valence-electron chi connectivity index (χ1n) is 10.7. The fourth-order valence-corrected chi connectivity index (χ4v) is 3.57. The molecule has 35 heavy (non-hydrogen) atoms. The number of amides is 2. The third-order valence-corrected chi connectivity index (χ3v) is 5.23. The van der Waals surface area contributed by atoms with Gasteiger partial charge in [-0.15, -0.1) is 0 Å². The van der Waals surface area contributed by atoms with Crippen molar-refractivity contribution in [2.45, 2.75) is 20.0 Å². The molecule has 0 saturated carbocycles. The highest BCUT2D eigenvalue weighted by Crippen LogP contribution is 2.37. The molecule has 0 spiro atoms. The second-order valence-electron chi connectivity index (χ2n) is 7.22. The fourth-order valence-electron chi connectivity index (χ4n) is 3.00. The van der Waals surface area contributed by atoms with Crippen molar-refractivity contribution in [1.82, 2.24) is 5.43 Å². The van der Waals surface area contributed by atoms with Crippen LogP contribution in [0.25, 0.3) is 0 Å². The predicted octanol–water partition coefficient (Wildman–Crippen LogP) is 4.58. The molecule has 0 bridgehead atoms. The zero-order valence-corrected chi connectivity index (χ0v) is 20.5. The quantitative estimate of drug-likeness (QED) is 0.237. The van der Waals surface area contributed by atoms with E-state index in [-0.39, 0.29) is 6.42 Å². The standard InChI is InChI=1S/C26H23BrN4O4/c1-2-34-23-15-20(14-22(27)24(23)35-17-19-6-4-3-5-7-19)16-29-31-26(33)25(32)30-21-10-8-18(9-11-21)12-13-28/h3-11,14-16H,2,12,17H2,1H3,(H,30,32)(H,31,33). The maximum atomic E-state index is 12.1. The average Bonchev–Trinajstić information content (AvgIpc) is 2.85. The average molecular weight is 535 g/mol. The van der Waals surface area contributed by atoms with Gasteiger partial charge in [-0.3, -0.25) is 9.59 Å². The van der Waals surface area contributed by atoms with Crippen molar-refractivity contribution >= 4 is 39.6 Å². The molecule has 2 amide bonds. The van der Waals surface area contributed by atoms with Crippen LogP contribution in [0.2, 0.25) is 0 Å². The number of anilines is 1. The highest BCUT2D eigenvalue weighted by molar-refractivity contribution is 9.10. The van der Waals surface area contributed by atoms with Gasteiger partial charge in [-0.05, 0) is 63.8 Å². The van der Waals surface area contributed by atoms with Gasteiger partial charge in [-0.1, -0.05) is 42.5 Å². The van der Waals surface area contributed by atoms with E-state index >= 15 is 0 Å². The number of rotatable bonds is 9. The van der Waals surface area contributed by atoms with Crippen molar-refractivity contribution in [3.63, 3.8) is 0 Å². The maximum absolute atomic E-state index is 12.1. The molecule has 178 valence electrons. The molecule has 3 aromatic carbocycles. The molecule has 3 aromatic rings. The van der Waals surface area contributed by atoms with Gasteiger partial charge in [0.1, 0.15) is 6.61 Å². The molecule has 0 aromatic heterocycles. The Labute approximate surface area is 211 Å². The Bertz CT molecular complexity index is 1240. The summed E-state index contributed by atoms with van der Waals surface area (Å²) in [5.74, 6) is -0.717. The van der Waals surface area contributed by atoms with Crippen LogP contribution in [0.15, 0.2) is 76.3 Å². The van der Waals surface area contributed by atoms with Gasteiger partial charge < -0.3 is 14.8 Å². The van der Waals surface area contributed by atoms with Crippen LogP contribution in [-0.4, -0.2) is 24.6 Å². The van der Waals surface area contributed by atoms with Crippen LogP contribution in [-0.2, 0) is 22.6 Å². The van der Waals surface area contributed by atoms with E-state index in [2.05, 4.69) is 31.8 Å². The summed E-state index contributed by atoms with van der Waals surface area (Å²) >= 11 is 3.50. The fraction of sp³-hybridized carbons (Fsp3) is 0.154. The highest BCUT2D eigenvalue weighted by Gasteiger charge is 2.14. The molecule has 0 saturated heterocycles. The summed E-state index contributed by atoms with van der Waals surface area (Å²) in [6, 6.07) is 22.0. The van der Waals surface area contributed by atoms with Crippen LogP contribution in [0.4, 0.5) is 5.69 Å². The van der Waals surface area contributed by atoms with Crippen LogP contribution in [0.3, 0.4) is 0 Å². The van der Waals surface area contributed by atoms with E-state index in [0.717, 1.165) is 11.1 Å². The van der Waals surface area contributed by atoms with Gasteiger partial charge in [0.2, 0.25) is 0 Å². The number of nitrogens with one attached hydrogen (secondary N) is 2. The first-order valence-corrected chi connectivity index (χ1v) is 11.5. The summed E-state index contributed by atoms with van der Waals surface area (Å²) in [5.41, 5.74) is 5.10. The van der Waals surface area contributed by atoms with Crippen LogP contribution in [0, 0.1) is 11.3 Å². The number of hydrogen-bond acceptors (Lipinski definition) is 6. The smallest absolute Gasteiger partial charge is 0.329 e. The highest BCUT2D eigenvalue weighted by atomic mass is 79.9. The molecule has 3 rings (SSSR count). The lowest BCUT2D eigenvalue weighted by molar-refractivity contribution is -0.136. The predicted molar refractivity (Wildman–Crippen MR) is 136 cm³/mol. The number of carbonyl (C=O) groups is 2. The molecular formula is C26H23BrN4O4. The van der Waals surface area contributed by atoms with E-state index in [1.54, 1.807) is 36.4 Å². The van der Waals surface area contributed by atoms with E-state index in [1.807, 2.05) is 43.3 Å². The van der Waals surface area contributed by atoms with Crippen molar-refractivity contribution in [2.24, 2.45) is 5.10 Å². The van der Waals surface area contributed by atoms with Crippen molar-refractivity contribution in [3.05, 3.63) is 87.9 Å². The summed E-state index contributed by atoms with van der Waals surface area (Å²) in [4.78, 5) is 24.2. The molecule has 0 unspecified atom stereocenters. The molecule has 2 N–H and O–H groups in total. The van der Waals surface area contributed by atoms with Crippen LogP contribution in [0.1, 0.15) is 23.6 Å². The Morgan fingerprint density at radius 1 is 1.03 bits per heavy atom. The topological polar surface area (TPSA) is 113 Å². The summed E-state index contributed by atoms with van der Waals surface area (Å²) in [5, 5.41) is 15.1. The SMILES string of the molecule is CCOc1cc(C=NNC(=O)C(=O)Nc2ccc(CC#N)cc2)cc(Br)c1OCc1ccccc1. The number of hydrogen-bond donors (Lipinski definition) is 2. The molecule has 0 aliphatic carbocycles. The first kappa shape index (κ1) is 25.5. The van der Waals surface area contributed by atoms with Crippen LogP contribution in [0.5, 0.6) is 11.5 Å². The van der Waals surface area contributed by atoms with Gasteiger partial charge >= 0.3 is 11.8 Å². The van der Waals surface area contributed by atoms with Gasteiger partial charge in [0.15, 0.2) is 11.5 Å². The molecule has 0 fully saturated rings. The van der Waals surface area contributed by atoms with Gasteiger partial charge in [0, 0.05) is 5.69 Å². The Balaban J connectivity index is 1.61. The lowest BCUT2D eigenvalue weighted by Crippen LogP contribution is -2.32.